The van der Waals surface area contributed by atoms with Gasteiger partial charge in [0.15, 0.2) is 0 Å². The number of aliphatic carboxylic acids is 1. The molecule has 1 amide bonds. The number of para-hydroxylation sites is 1. The van der Waals surface area contributed by atoms with Crippen LogP contribution in [0, 0.1) is 0 Å². The molecule has 0 atom stereocenters. The van der Waals surface area contributed by atoms with Gasteiger partial charge in [-0.05, 0) is 30.9 Å². The number of carbonyl (C=O) groups excluding carboxylic acids is 1. The van der Waals surface area contributed by atoms with E-state index in [2.05, 4.69) is 10.1 Å². The second-order valence-electron chi connectivity index (χ2n) is 5.76. The molecule has 140 valence electrons. The molecule has 0 bridgehead atoms. The fourth-order valence-electron chi connectivity index (χ4n) is 2.55. The lowest BCUT2D eigenvalue weighted by Gasteiger charge is -2.31. The Morgan fingerprint density at radius 1 is 1.16 bits per heavy atom. The van der Waals surface area contributed by atoms with Crippen LogP contribution in [0.1, 0.15) is 45.1 Å². The average Bonchev–Trinajstić information content (AvgIpc) is 2.51. The van der Waals surface area contributed by atoms with Crippen molar-refractivity contribution in [2.75, 3.05) is 0 Å². The Morgan fingerprint density at radius 3 is 2.28 bits per heavy atom. The Bertz CT molecular complexity index is 598. The Kier molecular flexibility index (Phi) is 7.26. The van der Waals surface area contributed by atoms with Crippen LogP contribution in [-0.4, -0.2) is 28.9 Å². The predicted molar refractivity (Wildman–Crippen MR) is 85.2 cm³/mol. The summed E-state index contributed by atoms with van der Waals surface area (Å²) in [4.78, 5) is 23.2. The zero-order valence-corrected chi connectivity index (χ0v) is 14.2. The first-order valence-corrected chi connectivity index (χ1v) is 7.97. The third-order valence-corrected chi connectivity index (χ3v) is 4.07. The molecule has 0 saturated carbocycles. The molecule has 0 aliphatic carbocycles. The smallest absolute Gasteiger partial charge is 0.481 e. The molecule has 0 heterocycles. The molecule has 1 rings (SSSR count). The topological polar surface area (TPSA) is 75.6 Å². The summed E-state index contributed by atoms with van der Waals surface area (Å²) in [6, 6.07) is 5.62. The van der Waals surface area contributed by atoms with Crippen LogP contribution in [0.3, 0.4) is 0 Å². The summed E-state index contributed by atoms with van der Waals surface area (Å²) in [5.41, 5.74) is -0.600. The number of benzene rings is 1. The highest BCUT2D eigenvalue weighted by molar-refractivity contribution is 5.78. The molecule has 0 aliphatic heterocycles. The molecule has 0 aromatic heterocycles. The van der Waals surface area contributed by atoms with Gasteiger partial charge >= 0.3 is 12.3 Å². The summed E-state index contributed by atoms with van der Waals surface area (Å²) >= 11 is 0. The molecule has 0 spiro atoms. The lowest BCUT2D eigenvalue weighted by Crippen LogP contribution is -2.49. The zero-order chi connectivity index (χ0) is 19.1. The number of hydrogen-bond acceptors (Lipinski definition) is 3. The molecule has 5 nitrogen and oxygen atoms in total. The van der Waals surface area contributed by atoms with Gasteiger partial charge < -0.3 is 15.2 Å². The molecule has 0 unspecified atom stereocenters. The van der Waals surface area contributed by atoms with Crippen molar-refractivity contribution < 1.29 is 32.6 Å². The van der Waals surface area contributed by atoms with E-state index in [4.69, 9.17) is 5.11 Å². The van der Waals surface area contributed by atoms with Crippen LogP contribution in [0.15, 0.2) is 24.3 Å². The van der Waals surface area contributed by atoms with Crippen LogP contribution in [0.25, 0.3) is 0 Å². The fraction of sp³-hybridized carbons (Fsp3) is 0.529. The van der Waals surface area contributed by atoms with E-state index in [1.165, 1.54) is 18.2 Å². The normalized spacial score (nSPS) is 11.9. The van der Waals surface area contributed by atoms with E-state index in [1.54, 1.807) is 19.9 Å². The zero-order valence-electron chi connectivity index (χ0n) is 14.2. The number of halogens is 3. The number of amides is 1. The maximum absolute atomic E-state index is 12.4. The van der Waals surface area contributed by atoms with E-state index in [0.29, 0.717) is 12.8 Å². The Morgan fingerprint density at radius 2 is 1.76 bits per heavy atom. The van der Waals surface area contributed by atoms with Crippen LogP contribution in [-0.2, 0) is 16.0 Å². The SMILES string of the molecule is CCC(CC)(CC(=O)O)NC(=O)CCc1ccccc1OC(F)(F)F. The Labute approximate surface area is 144 Å². The van der Waals surface area contributed by atoms with E-state index in [0.717, 1.165) is 0 Å². The van der Waals surface area contributed by atoms with E-state index in [-0.39, 0.29) is 30.6 Å². The molecular formula is C17H22F3NO4. The maximum atomic E-state index is 12.4. The number of hydrogen-bond donors (Lipinski definition) is 2. The minimum absolute atomic E-state index is 0.0503. The van der Waals surface area contributed by atoms with Gasteiger partial charge in [-0.1, -0.05) is 32.0 Å². The van der Waals surface area contributed by atoms with Crippen molar-refractivity contribution in [3.63, 3.8) is 0 Å². The minimum atomic E-state index is -4.81. The van der Waals surface area contributed by atoms with Crippen molar-refractivity contribution in [1.82, 2.24) is 5.32 Å². The second-order valence-corrected chi connectivity index (χ2v) is 5.76. The van der Waals surface area contributed by atoms with Gasteiger partial charge in [0.2, 0.25) is 5.91 Å². The molecule has 0 radical (unpaired) electrons. The number of carbonyl (C=O) groups is 2. The molecule has 1 aromatic rings. The van der Waals surface area contributed by atoms with Gasteiger partial charge in [-0.3, -0.25) is 9.59 Å². The molecule has 1 aromatic carbocycles. The van der Waals surface area contributed by atoms with Gasteiger partial charge in [-0.15, -0.1) is 13.2 Å². The summed E-state index contributed by atoms with van der Waals surface area (Å²) in [6.07, 6.45) is -4.15. The first kappa shape index (κ1) is 20.8. The predicted octanol–water partition coefficient (Wildman–Crippen LogP) is 3.67. The molecule has 0 fully saturated rings. The third-order valence-electron chi connectivity index (χ3n) is 4.07. The van der Waals surface area contributed by atoms with Crippen molar-refractivity contribution >= 4 is 11.9 Å². The number of carboxylic acids is 1. The minimum Gasteiger partial charge on any atom is -0.481 e. The van der Waals surface area contributed by atoms with E-state index in [1.807, 2.05) is 0 Å². The lowest BCUT2D eigenvalue weighted by atomic mass is 9.88. The highest BCUT2D eigenvalue weighted by atomic mass is 19.4. The summed E-state index contributed by atoms with van der Waals surface area (Å²) < 4.78 is 41.1. The summed E-state index contributed by atoms with van der Waals surface area (Å²) in [7, 11) is 0. The van der Waals surface area contributed by atoms with Crippen LogP contribution in [0.4, 0.5) is 13.2 Å². The summed E-state index contributed by atoms with van der Waals surface area (Å²) in [5, 5.41) is 11.7. The van der Waals surface area contributed by atoms with Gasteiger partial charge in [0, 0.05) is 12.0 Å². The molecule has 25 heavy (non-hydrogen) atoms. The van der Waals surface area contributed by atoms with Gasteiger partial charge in [-0.25, -0.2) is 0 Å². The quantitative estimate of drug-likeness (QED) is 0.704. The van der Waals surface area contributed by atoms with Crippen molar-refractivity contribution in [1.29, 1.82) is 0 Å². The molecule has 0 aliphatic rings. The molecule has 8 heteroatoms. The second kappa shape index (κ2) is 8.73. The van der Waals surface area contributed by atoms with Gasteiger partial charge in [0.25, 0.3) is 0 Å². The average molecular weight is 361 g/mol. The molecule has 2 N–H and O–H groups in total. The number of carboxylic acid groups (broad SMARTS) is 1. The van der Waals surface area contributed by atoms with Crippen LogP contribution in [0.2, 0.25) is 0 Å². The maximum Gasteiger partial charge on any atom is 0.573 e. The Balaban J connectivity index is 2.75. The number of rotatable bonds is 9. The highest BCUT2D eigenvalue weighted by Gasteiger charge is 2.33. The van der Waals surface area contributed by atoms with Crippen molar-refractivity contribution in [2.24, 2.45) is 0 Å². The first-order valence-electron chi connectivity index (χ1n) is 7.97. The summed E-state index contributed by atoms with van der Waals surface area (Å²) in [6.45, 7) is 3.55. The first-order chi connectivity index (χ1) is 11.6. The van der Waals surface area contributed by atoms with Gasteiger partial charge in [-0.2, -0.15) is 0 Å². The van der Waals surface area contributed by atoms with E-state index in [9.17, 15) is 22.8 Å². The standard InChI is InChI=1S/C17H22F3NO4/c1-3-16(4-2,11-15(23)24)21-14(22)10-9-12-7-5-6-8-13(12)25-17(18,19)20/h5-8H,3-4,9-11H2,1-2H3,(H,21,22)(H,23,24). The number of nitrogens with one attached hydrogen (secondary N) is 1. The van der Waals surface area contributed by atoms with Crippen molar-refractivity contribution in [2.45, 2.75) is 57.9 Å². The van der Waals surface area contributed by atoms with Crippen LogP contribution < -0.4 is 10.1 Å². The summed E-state index contributed by atoms with van der Waals surface area (Å²) in [5.74, 6) is -1.77. The van der Waals surface area contributed by atoms with Gasteiger partial charge in [0.05, 0.1) is 6.42 Å². The van der Waals surface area contributed by atoms with Crippen LogP contribution in [0.5, 0.6) is 5.75 Å². The number of ether oxygens (including phenoxy) is 1. The molecule has 0 saturated heterocycles. The fourth-order valence-corrected chi connectivity index (χ4v) is 2.55. The lowest BCUT2D eigenvalue weighted by molar-refractivity contribution is -0.274. The molecular weight excluding hydrogens is 339 g/mol. The van der Waals surface area contributed by atoms with E-state index >= 15 is 0 Å². The number of alkyl halides is 3. The monoisotopic (exact) mass is 361 g/mol. The third kappa shape index (κ3) is 7.03. The largest absolute Gasteiger partial charge is 0.573 e. The highest BCUT2D eigenvalue weighted by Crippen LogP contribution is 2.27. The van der Waals surface area contributed by atoms with Crippen LogP contribution >= 0.6 is 0 Å². The van der Waals surface area contributed by atoms with Gasteiger partial charge in [0.1, 0.15) is 5.75 Å². The Hall–Kier alpha value is -2.25. The number of aryl methyl sites for hydroxylation is 1. The van der Waals surface area contributed by atoms with E-state index < -0.39 is 23.8 Å². The van der Waals surface area contributed by atoms with Crippen molar-refractivity contribution in [3.05, 3.63) is 29.8 Å². The van der Waals surface area contributed by atoms with Crippen molar-refractivity contribution in [3.8, 4) is 5.75 Å².